The van der Waals surface area contributed by atoms with Crippen molar-refractivity contribution in [3.63, 3.8) is 0 Å². The number of rotatable bonds is 3. The average molecular weight is 304 g/mol. The third kappa shape index (κ3) is 2.28. The molecule has 3 saturated heterocycles. The fourth-order valence-corrected chi connectivity index (χ4v) is 5.01. The molecule has 0 radical (unpaired) electrons. The van der Waals surface area contributed by atoms with Crippen molar-refractivity contribution < 1.29 is 0 Å². The topological polar surface area (TPSA) is 6.48 Å². The fourth-order valence-electron chi connectivity index (χ4n) is 5.01. The van der Waals surface area contributed by atoms with Crippen LogP contribution < -0.4 is 4.90 Å². The zero-order chi connectivity index (χ0) is 15.2. The van der Waals surface area contributed by atoms with E-state index in [1.54, 1.807) is 11.1 Å². The number of benzene rings is 2. The Hall–Kier alpha value is -1.80. The van der Waals surface area contributed by atoms with Gasteiger partial charge in [-0.2, -0.15) is 0 Å². The summed E-state index contributed by atoms with van der Waals surface area (Å²) in [6, 6.07) is 21.5. The molecule has 0 spiro atoms. The lowest BCUT2D eigenvalue weighted by molar-refractivity contribution is 0.108. The molecule has 3 atom stereocenters. The van der Waals surface area contributed by atoms with Gasteiger partial charge in [0.2, 0.25) is 0 Å². The summed E-state index contributed by atoms with van der Waals surface area (Å²) in [6.45, 7) is 3.74. The predicted molar refractivity (Wildman–Crippen MR) is 95.1 cm³/mol. The molecule has 2 nitrogen and oxygen atoms in total. The van der Waals surface area contributed by atoms with Gasteiger partial charge in [-0.3, -0.25) is 4.90 Å². The molecule has 23 heavy (non-hydrogen) atoms. The number of anilines is 1. The van der Waals surface area contributed by atoms with Crippen LogP contribution in [0.2, 0.25) is 0 Å². The number of fused-ring (bicyclic) bond motifs is 3. The van der Waals surface area contributed by atoms with E-state index in [0.717, 1.165) is 18.0 Å². The van der Waals surface area contributed by atoms with E-state index in [0.29, 0.717) is 0 Å². The summed E-state index contributed by atoms with van der Waals surface area (Å²) in [7, 11) is 0. The summed E-state index contributed by atoms with van der Waals surface area (Å²) in [4.78, 5) is 5.38. The van der Waals surface area contributed by atoms with E-state index in [1.807, 2.05) is 0 Å². The number of hydrogen-bond donors (Lipinski definition) is 0. The molecular weight excluding hydrogens is 280 g/mol. The van der Waals surface area contributed by atoms with Gasteiger partial charge in [0.25, 0.3) is 0 Å². The Kier molecular flexibility index (Phi) is 3.19. The van der Waals surface area contributed by atoms with Crippen molar-refractivity contribution in [3.05, 3.63) is 65.7 Å². The van der Waals surface area contributed by atoms with Gasteiger partial charge in [0.05, 0.1) is 0 Å². The molecule has 4 aliphatic rings. The summed E-state index contributed by atoms with van der Waals surface area (Å²) >= 11 is 0. The summed E-state index contributed by atoms with van der Waals surface area (Å²) in [5, 5.41) is 0. The minimum atomic E-state index is 0.729. The zero-order valence-electron chi connectivity index (χ0n) is 13.6. The molecule has 0 N–H and O–H groups in total. The standard InChI is InChI=1S/C21H24N2/c1-2-7-18(8-3-1)23-19-12-20(23)15-22(14-19)13-17-11-10-16-6-4-5-9-21(16)17/h1-9,17,19-20H,10-15H2. The number of para-hydroxylation sites is 1. The minimum Gasteiger partial charge on any atom is -0.363 e. The molecule has 2 aromatic carbocycles. The van der Waals surface area contributed by atoms with Crippen LogP contribution in [0.15, 0.2) is 54.6 Å². The summed E-state index contributed by atoms with van der Waals surface area (Å²) < 4.78 is 0. The maximum Gasteiger partial charge on any atom is 0.0440 e. The number of nitrogens with zero attached hydrogens (tertiary/aromatic N) is 2. The van der Waals surface area contributed by atoms with E-state index in [4.69, 9.17) is 0 Å². The van der Waals surface area contributed by atoms with Crippen LogP contribution in [0, 0.1) is 0 Å². The predicted octanol–water partition coefficient (Wildman–Crippen LogP) is 3.68. The first kappa shape index (κ1) is 13.6. The monoisotopic (exact) mass is 304 g/mol. The second-order valence-corrected chi connectivity index (χ2v) is 7.44. The molecule has 2 aromatic rings. The largest absolute Gasteiger partial charge is 0.363 e. The SMILES string of the molecule is c1ccc(N2C3CC2CN(CC2CCc4ccccc42)C3)cc1. The van der Waals surface area contributed by atoms with Crippen LogP contribution >= 0.6 is 0 Å². The van der Waals surface area contributed by atoms with Crippen molar-refractivity contribution in [3.8, 4) is 0 Å². The number of piperidine rings is 1. The third-order valence-electron chi connectivity index (χ3n) is 6.06. The molecule has 0 aromatic heterocycles. The minimum absolute atomic E-state index is 0.729. The first-order valence-electron chi connectivity index (χ1n) is 9.02. The Labute approximate surface area is 138 Å². The van der Waals surface area contributed by atoms with Crippen LogP contribution in [0.25, 0.3) is 0 Å². The lowest BCUT2D eigenvalue weighted by atomic mass is 9.85. The third-order valence-corrected chi connectivity index (χ3v) is 6.06. The highest BCUT2D eigenvalue weighted by Gasteiger charge is 2.44. The Balaban J connectivity index is 1.27. The molecule has 3 fully saturated rings. The van der Waals surface area contributed by atoms with Gasteiger partial charge >= 0.3 is 0 Å². The van der Waals surface area contributed by atoms with E-state index in [-0.39, 0.29) is 0 Å². The fraction of sp³-hybridized carbons (Fsp3) is 0.429. The number of hydrogen-bond acceptors (Lipinski definition) is 2. The lowest BCUT2D eigenvalue weighted by Crippen LogP contribution is -2.69. The van der Waals surface area contributed by atoms with E-state index >= 15 is 0 Å². The average Bonchev–Trinajstić information content (AvgIpc) is 2.99. The van der Waals surface area contributed by atoms with Crippen LogP contribution in [-0.4, -0.2) is 36.6 Å². The van der Waals surface area contributed by atoms with Crippen molar-refractivity contribution in [2.75, 3.05) is 24.5 Å². The maximum absolute atomic E-state index is 2.73. The van der Waals surface area contributed by atoms with Crippen LogP contribution in [0.5, 0.6) is 0 Å². The Morgan fingerprint density at radius 2 is 1.61 bits per heavy atom. The lowest BCUT2D eigenvalue weighted by Gasteiger charge is -2.58. The van der Waals surface area contributed by atoms with Gasteiger partial charge in [0.15, 0.2) is 0 Å². The van der Waals surface area contributed by atoms with Crippen LogP contribution in [0.3, 0.4) is 0 Å². The van der Waals surface area contributed by atoms with E-state index in [1.165, 1.54) is 44.6 Å². The van der Waals surface area contributed by atoms with Crippen LogP contribution in [-0.2, 0) is 6.42 Å². The second-order valence-electron chi connectivity index (χ2n) is 7.44. The van der Waals surface area contributed by atoms with Gasteiger partial charge < -0.3 is 4.90 Å². The second kappa shape index (κ2) is 5.38. The number of piperazine rings is 1. The zero-order valence-corrected chi connectivity index (χ0v) is 13.6. The van der Waals surface area contributed by atoms with Gasteiger partial charge in [-0.25, -0.2) is 0 Å². The van der Waals surface area contributed by atoms with Crippen molar-refractivity contribution >= 4 is 5.69 Å². The van der Waals surface area contributed by atoms with Gasteiger partial charge in [-0.1, -0.05) is 42.5 Å². The molecule has 6 rings (SSSR count). The van der Waals surface area contributed by atoms with Crippen molar-refractivity contribution in [1.29, 1.82) is 0 Å². The highest BCUT2D eigenvalue weighted by molar-refractivity contribution is 5.52. The van der Waals surface area contributed by atoms with E-state index in [2.05, 4.69) is 64.4 Å². The Bertz CT molecular complexity index is 684. The first-order valence-corrected chi connectivity index (χ1v) is 9.02. The summed E-state index contributed by atoms with van der Waals surface area (Å²) in [5.41, 5.74) is 4.62. The van der Waals surface area contributed by atoms with Crippen LogP contribution in [0.4, 0.5) is 5.69 Å². The molecule has 2 heteroatoms. The van der Waals surface area contributed by atoms with Crippen molar-refractivity contribution in [2.24, 2.45) is 0 Å². The summed E-state index contributed by atoms with van der Waals surface area (Å²) in [5.74, 6) is 0.758. The van der Waals surface area contributed by atoms with Gasteiger partial charge in [-0.05, 0) is 48.4 Å². The highest BCUT2D eigenvalue weighted by atomic mass is 15.4. The van der Waals surface area contributed by atoms with E-state index < -0.39 is 0 Å². The van der Waals surface area contributed by atoms with E-state index in [9.17, 15) is 0 Å². The maximum atomic E-state index is 2.73. The molecule has 0 saturated carbocycles. The highest BCUT2D eigenvalue weighted by Crippen LogP contribution is 2.39. The normalized spacial score (nSPS) is 29.2. The molecule has 2 bridgehead atoms. The van der Waals surface area contributed by atoms with Crippen molar-refractivity contribution in [2.45, 2.75) is 37.3 Å². The quantitative estimate of drug-likeness (QED) is 0.853. The smallest absolute Gasteiger partial charge is 0.0440 e. The molecule has 1 aliphatic carbocycles. The molecule has 3 unspecified atom stereocenters. The van der Waals surface area contributed by atoms with Crippen molar-refractivity contribution in [1.82, 2.24) is 4.90 Å². The van der Waals surface area contributed by atoms with Gasteiger partial charge in [0, 0.05) is 37.4 Å². The Morgan fingerprint density at radius 3 is 2.43 bits per heavy atom. The molecular formula is C21H24N2. The molecule has 0 amide bonds. The number of aryl methyl sites for hydroxylation is 1. The van der Waals surface area contributed by atoms with Gasteiger partial charge in [0.1, 0.15) is 0 Å². The first-order chi connectivity index (χ1) is 11.4. The molecule has 118 valence electrons. The van der Waals surface area contributed by atoms with Crippen LogP contribution in [0.1, 0.15) is 29.9 Å². The Morgan fingerprint density at radius 1 is 0.870 bits per heavy atom. The molecule has 3 heterocycles. The van der Waals surface area contributed by atoms with Gasteiger partial charge in [-0.15, -0.1) is 0 Å². The summed E-state index contributed by atoms with van der Waals surface area (Å²) in [6.07, 6.45) is 4.00. The molecule has 3 aliphatic heterocycles.